The molecule has 2 N–H and O–H groups in total. The molecule has 0 amide bonds. The van der Waals surface area contributed by atoms with Crippen molar-refractivity contribution in [2.24, 2.45) is 0 Å². The predicted molar refractivity (Wildman–Crippen MR) is 54.6 cm³/mol. The molecule has 2 nitrogen and oxygen atoms in total. The van der Waals surface area contributed by atoms with E-state index in [-0.39, 0.29) is 11.4 Å². The van der Waals surface area contributed by atoms with Crippen LogP contribution in [0.15, 0.2) is 30.3 Å². The van der Waals surface area contributed by atoms with Gasteiger partial charge in [0.1, 0.15) is 0 Å². The van der Waals surface area contributed by atoms with Crippen LogP contribution in [0.1, 0.15) is 18.5 Å². The van der Waals surface area contributed by atoms with Gasteiger partial charge in [-0.3, -0.25) is 5.43 Å². The highest BCUT2D eigenvalue weighted by Crippen LogP contribution is 2.26. The van der Waals surface area contributed by atoms with Gasteiger partial charge in [-0.25, -0.2) is 5.43 Å². The van der Waals surface area contributed by atoms with E-state index in [1.54, 1.807) is 0 Å². The zero-order valence-electron chi connectivity index (χ0n) is 7.50. The van der Waals surface area contributed by atoms with Crippen molar-refractivity contribution in [3.8, 4) is 0 Å². The highest BCUT2D eigenvalue weighted by atomic mass is 35.5. The number of nitrogens with one attached hydrogen (secondary N) is 2. The second-order valence-corrected chi connectivity index (χ2v) is 3.91. The molecule has 1 aliphatic rings. The van der Waals surface area contributed by atoms with Crippen molar-refractivity contribution in [1.82, 2.24) is 10.9 Å². The Labute approximate surface area is 83.3 Å². The van der Waals surface area contributed by atoms with E-state index in [0.29, 0.717) is 6.04 Å². The topological polar surface area (TPSA) is 24.1 Å². The van der Waals surface area contributed by atoms with Gasteiger partial charge in [0, 0.05) is 6.04 Å². The summed E-state index contributed by atoms with van der Waals surface area (Å²) in [5.41, 5.74) is 7.56. The zero-order chi connectivity index (χ0) is 9.26. The molecular formula is C10H13ClN2. The average Bonchev–Trinajstić information content (AvgIpc) is 2.49. The molecule has 1 aromatic carbocycles. The molecule has 3 heteroatoms. The Balaban J connectivity index is 2.19. The van der Waals surface area contributed by atoms with E-state index >= 15 is 0 Å². The van der Waals surface area contributed by atoms with Crippen LogP contribution in [0.2, 0.25) is 0 Å². The van der Waals surface area contributed by atoms with E-state index in [2.05, 4.69) is 29.9 Å². The summed E-state index contributed by atoms with van der Waals surface area (Å²) in [6, 6.07) is 10.8. The smallest absolute Gasteiger partial charge is 0.0707 e. The van der Waals surface area contributed by atoms with E-state index in [4.69, 9.17) is 11.6 Å². The summed E-state index contributed by atoms with van der Waals surface area (Å²) in [4.78, 5) is 0. The second kappa shape index (κ2) is 3.66. The number of hydrazine groups is 1. The van der Waals surface area contributed by atoms with Gasteiger partial charge in [0.25, 0.3) is 0 Å². The Kier molecular flexibility index (Phi) is 2.54. The summed E-state index contributed by atoms with van der Waals surface area (Å²) in [7, 11) is 0. The first-order valence-electron chi connectivity index (χ1n) is 4.49. The Bertz CT molecular complexity index is 276. The van der Waals surface area contributed by atoms with Crippen LogP contribution < -0.4 is 10.9 Å². The Morgan fingerprint density at radius 1 is 1.15 bits per heavy atom. The number of hydrogen-bond acceptors (Lipinski definition) is 2. The summed E-state index contributed by atoms with van der Waals surface area (Å²) < 4.78 is 0. The molecule has 3 unspecified atom stereocenters. The maximum Gasteiger partial charge on any atom is 0.0707 e. The normalized spacial score (nSPS) is 33.5. The lowest BCUT2D eigenvalue weighted by molar-refractivity contribution is 0.560. The summed E-state index contributed by atoms with van der Waals surface area (Å²) in [6.07, 6.45) is 0. The highest BCUT2D eigenvalue weighted by molar-refractivity contribution is 6.21. The number of halogens is 1. The van der Waals surface area contributed by atoms with Gasteiger partial charge in [-0.15, -0.1) is 11.6 Å². The fourth-order valence-electron chi connectivity index (χ4n) is 1.60. The summed E-state index contributed by atoms with van der Waals surface area (Å²) >= 11 is 6.24. The number of rotatable bonds is 1. The largest absolute Gasteiger partial charge is 0.253 e. The van der Waals surface area contributed by atoms with Crippen LogP contribution in [0.5, 0.6) is 0 Å². The van der Waals surface area contributed by atoms with Crippen molar-refractivity contribution in [2.45, 2.75) is 24.4 Å². The first-order chi connectivity index (χ1) is 6.29. The van der Waals surface area contributed by atoms with Crippen LogP contribution in [0, 0.1) is 0 Å². The molecule has 0 saturated carbocycles. The molecule has 2 rings (SSSR count). The molecule has 1 aromatic rings. The third-order valence-electron chi connectivity index (χ3n) is 2.42. The molecule has 1 fully saturated rings. The molecule has 13 heavy (non-hydrogen) atoms. The number of alkyl halides is 1. The molecular weight excluding hydrogens is 184 g/mol. The third kappa shape index (κ3) is 1.70. The third-order valence-corrected chi connectivity index (χ3v) is 3.05. The fourth-order valence-corrected chi connectivity index (χ4v) is 1.87. The maximum absolute atomic E-state index is 6.24. The minimum Gasteiger partial charge on any atom is -0.253 e. The first-order valence-corrected chi connectivity index (χ1v) is 4.93. The molecule has 0 aromatic heterocycles. The number of benzene rings is 1. The van der Waals surface area contributed by atoms with Gasteiger partial charge >= 0.3 is 0 Å². The minimum atomic E-state index is 0.113. The quantitative estimate of drug-likeness (QED) is 0.670. The maximum atomic E-state index is 6.24. The monoisotopic (exact) mass is 196 g/mol. The van der Waals surface area contributed by atoms with Crippen molar-refractivity contribution < 1.29 is 0 Å². The molecule has 1 aliphatic heterocycles. The van der Waals surface area contributed by atoms with E-state index in [9.17, 15) is 0 Å². The molecule has 1 heterocycles. The lowest BCUT2D eigenvalue weighted by atomic mass is 10.0. The van der Waals surface area contributed by atoms with Crippen LogP contribution in [0.3, 0.4) is 0 Å². The van der Waals surface area contributed by atoms with Crippen LogP contribution in [-0.4, -0.2) is 11.4 Å². The van der Waals surface area contributed by atoms with Crippen LogP contribution in [-0.2, 0) is 0 Å². The standard InChI is InChI=1S/C10H13ClN2/c1-7-9(11)10(13-12-7)8-5-3-2-4-6-8/h2-7,9-10,12-13H,1H3. The van der Waals surface area contributed by atoms with Crippen molar-refractivity contribution in [1.29, 1.82) is 0 Å². The zero-order valence-corrected chi connectivity index (χ0v) is 8.25. The van der Waals surface area contributed by atoms with E-state index in [0.717, 1.165) is 0 Å². The molecule has 0 spiro atoms. The first kappa shape index (κ1) is 9.00. The molecule has 0 radical (unpaired) electrons. The Morgan fingerprint density at radius 2 is 1.85 bits per heavy atom. The van der Waals surface area contributed by atoms with E-state index in [1.807, 2.05) is 18.2 Å². The van der Waals surface area contributed by atoms with Gasteiger partial charge in [-0.1, -0.05) is 30.3 Å². The minimum absolute atomic E-state index is 0.113. The van der Waals surface area contributed by atoms with Crippen molar-refractivity contribution in [3.05, 3.63) is 35.9 Å². The molecule has 1 saturated heterocycles. The second-order valence-electron chi connectivity index (χ2n) is 3.41. The summed E-state index contributed by atoms with van der Waals surface area (Å²) in [5, 5.41) is 0.113. The Hall–Kier alpha value is -0.570. The molecule has 70 valence electrons. The summed E-state index contributed by atoms with van der Waals surface area (Å²) in [5.74, 6) is 0. The average molecular weight is 197 g/mol. The van der Waals surface area contributed by atoms with Gasteiger partial charge in [0.2, 0.25) is 0 Å². The van der Waals surface area contributed by atoms with E-state index in [1.165, 1.54) is 5.56 Å². The van der Waals surface area contributed by atoms with Crippen LogP contribution >= 0.6 is 11.6 Å². The van der Waals surface area contributed by atoms with Crippen LogP contribution in [0.25, 0.3) is 0 Å². The van der Waals surface area contributed by atoms with Crippen molar-refractivity contribution >= 4 is 11.6 Å². The van der Waals surface area contributed by atoms with Crippen molar-refractivity contribution in [2.75, 3.05) is 0 Å². The summed E-state index contributed by atoms with van der Waals surface area (Å²) in [6.45, 7) is 2.08. The van der Waals surface area contributed by atoms with Gasteiger partial charge in [0.15, 0.2) is 0 Å². The van der Waals surface area contributed by atoms with E-state index < -0.39 is 0 Å². The lowest BCUT2D eigenvalue weighted by Gasteiger charge is -2.14. The molecule has 0 bridgehead atoms. The molecule has 0 aliphatic carbocycles. The highest BCUT2D eigenvalue weighted by Gasteiger charge is 2.31. The van der Waals surface area contributed by atoms with Gasteiger partial charge < -0.3 is 0 Å². The van der Waals surface area contributed by atoms with Gasteiger partial charge in [-0.2, -0.15) is 0 Å². The SMILES string of the molecule is CC1NNC(c2ccccc2)C1Cl. The molecule has 3 atom stereocenters. The van der Waals surface area contributed by atoms with Crippen molar-refractivity contribution in [3.63, 3.8) is 0 Å². The Morgan fingerprint density at radius 3 is 2.38 bits per heavy atom. The van der Waals surface area contributed by atoms with Gasteiger partial charge in [0.05, 0.1) is 11.4 Å². The van der Waals surface area contributed by atoms with Gasteiger partial charge in [-0.05, 0) is 12.5 Å². The van der Waals surface area contributed by atoms with Crippen LogP contribution in [0.4, 0.5) is 0 Å². The lowest BCUT2D eigenvalue weighted by Crippen LogP contribution is -2.29. The predicted octanol–water partition coefficient (Wildman–Crippen LogP) is 1.83. The number of hydrogen-bond donors (Lipinski definition) is 2. The fraction of sp³-hybridized carbons (Fsp3) is 0.400.